The van der Waals surface area contributed by atoms with Gasteiger partial charge in [-0.25, -0.2) is 9.97 Å². The van der Waals surface area contributed by atoms with Crippen LogP contribution in [-0.4, -0.2) is 23.6 Å². The van der Waals surface area contributed by atoms with E-state index in [1.54, 1.807) is 18.4 Å². The zero-order chi connectivity index (χ0) is 13.1. The molecule has 0 bridgehead atoms. The number of nitrogens with zero attached hydrogens (tertiary/aromatic N) is 2. The highest BCUT2D eigenvalue weighted by Crippen LogP contribution is 2.30. The summed E-state index contributed by atoms with van der Waals surface area (Å²) in [6.45, 7) is 7.04. The van der Waals surface area contributed by atoms with Gasteiger partial charge in [0.15, 0.2) is 5.82 Å². The number of aryl methyl sites for hydroxylation is 1. The largest absolute Gasteiger partial charge is 0.374 e. The monoisotopic (exact) mass is 265 g/mol. The van der Waals surface area contributed by atoms with Gasteiger partial charge >= 0.3 is 0 Å². The van der Waals surface area contributed by atoms with Crippen molar-refractivity contribution in [3.05, 3.63) is 16.8 Å². The number of hydrogen-bond donors (Lipinski definition) is 1. The van der Waals surface area contributed by atoms with E-state index in [2.05, 4.69) is 35.2 Å². The van der Waals surface area contributed by atoms with Gasteiger partial charge < -0.3 is 10.1 Å². The predicted molar refractivity (Wildman–Crippen MR) is 76.4 cm³/mol. The lowest BCUT2D eigenvalue weighted by atomic mass is 10.3. The molecule has 1 atom stereocenters. The summed E-state index contributed by atoms with van der Waals surface area (Å²) in [6.07, 6.45) is 0.945. The van der Waals surface area contributed by atoms with Crippen molar-refractivity contribution in [2.45, 2.75) is 33.3 Å². The maximum absolute atomic E-state index is 5.30. The second-order valence-electron chi connectivity index (χ2n) is 4.12. The molecule has 1 N–H and O–H groups in total. The second-order valence-corrected chi connectivity index (χ2v) is 5.24. The Morgan fingerprint density at radius 2 is 2.17 bits per heavy atom. The van der Waals surface area contributed by atoms with Crippen LogP contribution in [0.4, 0.5) is 5.82 Å². The van der Waals surface area contributed by atoms with Crippen molar-refractivity contribution in [1.29, 1.82) is 0 Å². The van der Waals surface area contributed by atoms with E-state index in [0.717, 1.165) is 34.8 Å². The van der Waals surface area contributed by atoms with Crippen LogP contribution in [0.1, 0.15) is 37.6 Å². The number of ether oxygens (including phenoxy) is 1. The zero-order valence-electron chi connectivity index (χ0n) is 11.3. The molecule has 0 amide bonds. The molecular weight excluding hydrogens is 246 g/mol. The van der Waals surface area contributed by atoms with Crippen LogP contribution < -0.4 is 5.32 Å². The molecule has 1 unspecified atom stereocenters. The Balaban J connectivity index is 2.56. The van der Waals surface area contributed by atoms with Crippen LogP contribution in [0.5, 0.6) is 0 Å². The van der Waals surface area contributed by atoms with E-state index in [-0.39, 0.29) is 6.10 Å². The Kier molecular flexibility index (Phi) is 4.14. The SMILES string of the molecule is CCNc1nc(C(C)OC)nc2sc(CC)cc12. The third-order valence-electron chi connectivity index (χ3n) is 2.87. The molecule has 0 aliphatic heterocycles. The molecule has 0 spiro atoms. The fraction of sp³-hybridized carbons (Fsp3) is 0.538. The van der Waals surface area contributed by atoms with Crippen LogP contribution in [0.15, 0.2) is 6.07 Å². The Morgan fingerprint density at radius 3 is 2.78 bits per heavy atom. The first kappa shape index (κ1) is 13.2. The van der Waals surface area contributed by atoms with E-state index >= 15 is 0 Å². The molecule has 18 heavy (non-hydrogen) atoms. The molecule has 0 aliphatic carbocycles. The van der Waals surface area contributed by atoms with Gasteiger partial charge in [0.2, 0.25) is 0 Å². The van der Waals surface area contributed by atoms with Gasteiger partial charge in [-0.15, -0.1) is 11.3 Å². The molecule has 5 heteroatoms. The predicted octanol–water partition coefficient (Wildman–Crippen LogP) is 3.39. The zero-order valence-corrected chi connectivity index (χ0v) is 12.1. The fourth-order valence-corrected chi connectivity index (χ4v) is 2.73. The maximum atomic E-state index is 5.30. The lowest BCUT2D eigenvalue weighted by Crippen LogP contribution is -2.07. The smallest absolute Gasteiger partial charge is 0.160 e. The van der Waals surface area contributed by atoms with Crippen molar-refractivity contribution in [1.82, 2.24) is 9.97 Å². The molecule has 2 aromatic heterocycles. The van der Waals surface area contributed by atoms with Crippen molar-refractivity contribution in [2.24, 2.45) is 0 Å². The van der Waals surface area contributed by atoms with Gasteiger partial charge in [0.1, 0.15) is 16.8 Å². The Labute approximate surface area is 111 Å². The van der Waals surface area contributed by atoms with Gasteiger partial charge in [0.25, 0.3) is 0 Å². The highest BCUT2D eigenvalue weighted by Gasteiger charge is 2.14. The summed E-state index contributed by atoms with van der Waals surface area (Å²) in [7, 11) is 1.68. The number of fused-ring (bicyclic) bond motifs is 1. The molecule has 0 radical (unpaired) electrons. The number of methoxy groups -OCH3 is 1. The summed E-state index contributed by atoms with van der Waals surface area (Å²) in [6, 6.07) is 2.18. The topological polar surface area (TPSA) is 47.0 Å². The van der Waals surface area contributed by atoms with Gasteiger partial charge in [-0.3, -0.25) is 0 Å². The molecule has 0 fully saturated rings. The summed E-state index contributed by atoms with van der Waals surface area (Å²) < 4.78 is 5.30. The first-order chi connectivity index (χ1) is 8.69. The van der Waals surface area contributed by atoms with Crippen LogP contribution in [0.25, 0.3) is 10.2 Å². The first-order valence-electron chi connectivity index (χ1n) is 6.26. The summed E-state index contributed by atoms with van der Waals surface area (Å²) in [5.74, 6) is 1.66. The van der Waals surface area contributed by atoms with E-state index < -0.39 is 0 Å². The maximum Gasteiger partial charge on any atom is 0.160 e. The molecule has 2 rings (SSSR count). The summed E-state index contributed by atoms with van der Waals surface area (Å²) in [4.78, 5) is 11.5. The standard InChI is InChI=1S/C13H19N3OS/c1-5-9-7-10-12(14-6-2)15-11(8(3)17-4)16-13(10)18-9/h7-8H,5-6H2,1-4H3,(H,14,15,16). The van der Waals surface area contributed by atoms with Crippen LogP contribution in [0.3, 0.4) is 0 Å². The van der Waals surface area contributed by atoms with Gasteiger partial charge in [-0.1, -0.05) is 6.92 Å². The summed E-state index contributed by atoms with van der Waals surface area (Å²) >= 11 is 1.73. The van der Waals surface area contributed by atoms with Gasteiger partial charge in [0.05, 0.1) is 5.39 Å². The van der Waals surface area contributed by atoms with E-state index in [1.165, 1.54) is 4.88 Å². The summed E-state index contributed by atoms with van der Waals surface area (Å²) in [5.41, 5.74) is 0. The molecule has 4 nitrogen and oxygen atoms in total. The third kappa shape index (κ3) is 2.47. The van der Waals surface area contributed by atoms with E-state index in [0.29, 0.717) is 0 Å². The van der Waals surface area contributed by atoms with Crippen LogP contribution in [0, 0.1) is 0 Å². The number of nitrogens with one attached hydrogen (secondary N) is 1. The molecule has 0 saturated carbocycles. The normalized spacial score (nSPS) is 12.9. The van der Waals surface area contributed by atoms with Crippen LogP contribution >= 0.6 is 11.3 Å². The van der Waals surface area contributed by atoms with Crippen molar-refractivity contribution in [3.63, 3.8) is 0 Å². The fourth-order valence-electron chi connectivity index (χ4n) is 1.75. The van der Waals surface area contributed by atoms with E-state index in [4.69, 9.17) is 4.74 Å². The number of aromatic nitrogens is 2. The van der Waals surface area contributed by atoms with Crippen LogP contribution in [0.2, 0.25) is 0 Å². The van der Waals surface area contributed by atoms with E-state index in [1.807, 2.05) is 6.92 Å². The molecule has 2 heterocycles. The van der Waals surface area contributed by atoms with Crippen molar-refractivity contribution in [2.75, 3.05) is 19.0 Å². The third-order valence-corrected chi connectivity index (χ3v) is 4.04. The van der Waals surface area contributed by atoms with Crippen molar-refractivity contribution in [3.8, 4) is 0 Å². The van der Waals surface area contributed by atoms with E-state index in [9.17, 15) is 0 Å². The minimum absolute atomic E-state index is 0.0843. The van der Waals surface area contributed by atoms with Crippen molar-refractivity contribution < 1.29 is 4.74 Å². The number of thiophene rings is 1. The highest BCUT2D eigenvalue weighted by molar-refractivity contribution is 7.18. The van der Waals surface area contributed by atoms with Crippen LogP contribution in [-0.2, 0) is 11.2 Å². The first-order valence-corrected chi connectivity index (χ1v) is 7.08. The molecular formula is C13H19N3OS. The van der Waals surface area contributed by atoms with Gasteiger partial charge in [-0.2, -0.15) is 0 Å². The Bertz CT molecular complexity index is 538. The number of hydrogen-bond acceptors (Lipinski definition) is 5. The Hall–Kier alpha value is -1.20. The molecule has 98 valence electrons. The average molecular weight is 265 g/mol. The average Bonchev–Trinajstić information content (AvgIpc) is 2.81. The van der Waals surface area contributed by atoms with Gasteiger partial charge in [-0.05, 0) is 26.3 Å². The molecule has 2 aromatic rings. The quantitative estimate of drug-likeness (QED) is 0.900. The van der Waals surface area contributed by atoms with Crippen molar-refractivity contribution >= 4 is 27.4 Å². The highest BCUT2D eigenvalue weighted by atomic mass is 32.1. The minimum Gasteiger partial charge on any atom is -0.374 e. The summed E-state index contributed by atoms with van der Waals surface area (Å²) in [5, 5.41) is 4.42. The molecule has 0 aliphatic rings. The molecule has 0 aromatic carbocycles. The number of rotatable bonds is 5. The second kappa shape index (κ2) is 5.63. The lowest BCUT2D eigenvalue weighted by molar-refractivity contribution is 0.112. The molecule has 0 saturated heterocycles. The Morgan fingerprint density at radius 1 is 1.39 bits per heavy atom. The lowest BCUT2D eigenvalue weighted by Gasteiger charge is -2.10. The minimum atomic E-state index is -0.0843. The van der Waals surface area contributed by atoms with Gasteiger partial charge in [0, 0.05) is 18.5 Å². The number of anilines is 1.